The summed E-state index contributed by atoms with van der Waals surface area (Å²) in [6.45, 7) is 0.619. The van der Waals surface area contributed by atoms with E-state index in [1.165, 1.54) is 0 Å². The number of nitrogens with one attached hydrogen (secondary N) is 1. The van der Waals surface area contributed by atoms with Gasteiger partial charge in [0, 0.05) is 0 Å². The van der Waals surface area contributed by atoms with Crippen molar-refractivity contribution in [3.63, 3.8) is 0 Å². The fraction of sp³-hybridized carbons (Fsp3) is 0.100. The van der Waals surface area contributed by atoms with Gasteiger partial charge in [-0.05, 0) is 66.0 Å². The first-order chi connectivity index (χ1) is 7.65. The van der Waals surface area contributed by atoms with Crippen LogP contribution in [-0.4, -0.2) is 4.98 Å². The Labute approximate surface area is 118 Å². The summed E-state index contributed by atoms with van der Waals surface area (Å²) in [6, 6.07) is 5.75. The molecule has 0 amide bonds. The average Bonchev–Trinajstić information content (AvgIpc) is 2.58. The lowest BCUT2D eigenvalue weighted by molar-refractivity contribution is 0.494. The van der Waals surface area contributed by atoms with E-state index in [0.29, 0.717) is 11.2 Å². The van der Waals surface area contributed by atoms with E-state index in [4.69, 9.17) is 4.42 Å². The number of pyridine rings is 1. The van der Waals surface area contributed by atoms with E-state index in [2.05, 4.69) is 58.1 Å². The van der Waals surface area contributed by atoms with Gasteiger partial charge in [-0.3, -0.25) is 0 Å². The van der Waals surface area contributed by atoms with Crippen molar-refractivity contribution in [3.8, 4) is 0 Å². The number of furan rings is 1. The third kappa shape index (κ3) is 3.09. The first-order valence-corrected chi connectivity index (χ1v) is 6.82. The molecule has 0 radical (unpaired) electrons. The zero-order chi connectivity index (χ0) is 11.5. The Balaban J connectivity index is 1.99. The van der Waals surface area contributed by atoms with Crippen LogP contribution in [0, 0.1) is 0 Å². The first-order valence-electron chi connectivity index (χ1n) is 4.44. The molecule has 2 aromatic rings. The number of rotatable bonds is 3. The fourth-order valence-electron chi connectivity index (χ4n) is 1.15. The summed E-state index contributed by atoms with van der Waals surface area (Å²) in [4.78, 5) is 4.12. The summed E-state index contributed by atoms with van der Waals surface area (Å²) in [5.74, 6) is 0.849. The normalized spacial score (nSPS) is 10.4. The van der Waals surface area contributed by atoms with Crippen molar-refractivity contribution in [1.29, 1.82) is 0 Å². The molecular weight excluding hydrogens is 404 g/mol. The van der Waals surface area contributed by atoms with Gasteiger partial charge in [-0.25, -0.2) is 4.98 Å². The van der Waals surface area contributed by atoms with Gasteiger partial charge < -0.3 is 9.73 Å². The molecule has 2 aromatic heterocycles. The van der Waals surface area contributed by atoms with Crippen LogP contribution in [0.5, 0.6) is 0 Å². The molecule has 0 bridgehead atoms. The standard InChI is InChI=1S/C10H7Br3N2O/c11-8-3-7(16-10(8)13)5-14-6-1-2-9(12)15-4-6/h1-4,14H,5H2. The van der Waals surface area contributed by atoms with Crippen LogP contribution in [0.25, 0.3) is 0 Å². The first kappa shape index (κ1) is 12.1. The average molecular weight is 411 g/mol. The minimum absolute atomic E-state index is 0.619. The molecule has 0 atom stereocenters. The highest BCUT2D eigenvalue weighted by molar-refractivity contribution is 9.13. The number of halogens is 3. The van der Waals surface area contributed by atoms with Gasteiger partial charge in [-0.15, -0.1) is 0 Å². The summed E-state index contributed by atoms with van der Waals surface area (Å²) in [6.07, 6.45) is 1.76. The molecule has 0 unspecified atom stereocenters. The highest BCUT2D eigenvalue weighted by Gasteiger charge is 2.05. The van der Waals surface area contributed by atoms with E-state index in [0.717, 1.165) is 20.5 Å². The van der Waals surface area contributed by atoms with Crippen molar-refractivity contribution in [2.45, 2.75) is 6.54 Å². The molecule has 0 aliphatic carbocycles. The van der Waals surface area contributed by atoms with Crippen LogP contribution in [-0.2, 0) is 6.54 Å². The smallest absolute Gasteiger partial charge is 0.183 e. The molecular formula is C10H7Br3N2O. The summed E-state index contributed by atoms with van der Waals surface area (Å²) in [5, 5.41) is 3.21. The van der Waals surface area contributed by atoms with Gasteiger partial charge in [0.15, 0.2) is 4.67 Å². The predicted octanol–water partition coefficient (Wildman–Crippen LogP) is 4.57. The molecule has 2 rings (SSSR count). The number of anilines is 1. The molecule has 0 saturated heterocycles. The zero-order valence-corrected chi connectivity index (χ0v) is 12.8. The number of hydrogen-bond donors (Lipinski definition) is 1. The second-order valence-corrected chi connectivity index (χ2v) is 5.44. The summed E-state index contributed by atoms with van der Waals surface area (Å²) in [5.41, 5.74) is 0.951. The van der Waals surface area contributed by atoms with Crippen molar-refractivity contribution in [1.82, 2.24) is 4.98 Å². The molecule has 0 aliphatic heterocycles. The summed E-state index contributed by atoms with van der Waals surface area (Å²) in [7, 11) is 0. The highest BCUT2D eigenvalue weighted by Crippen LogP contribution is 2.27. The quantitative estimate of drug-likeness (QED) is 0.753. The highest BCUT2D eigenvalue weighted by atomic mass is 79.9. The fourth-order valence-corrected chi connectivity index (χ4v) is 2.04. The molecule has 16 heavy (non-hydrogen) atoms. The van der Waals surface area contributed by atoms with Crippen LogP contribution in [0.15, 0.2) is 42.6 Å². The molecule has 84 valence electrons. The SMILES string of the molecule is Brc1ccc(NCc2cc(Br)c(Br)o2)cn1. The van der Waals surface area contributed by atoms with E-state index in [-0.39, 0.29) is 0 Å². The maximum absolute atomic E-state index is 5.44. The van der Waals surface area contributed by atoms with Crippen molar-refractivity contribution in [2.24, 2.45) is 0 Å². The lowest BCUT2D eigenvalue weighted by Gasteiger charge is -2.03. The van der Waals surface area contributed by atoms with Crippen LogP contribution in [0.3, 0.4) is 0 Å². The maximum atomic E-state index is 5.44. The van der Waals surface area contributed by atoms with Gasteiger partial charge in [-0.1, -0.05) is 0 Å². The van der Waals surface area contributed by atoms with Crippen molar-refractivity contribution in [3.05, 3.63) is 43.9 Å². The summed E-state index contributed by atoms with van der Waals surface area (Å²) >= 11 is 9.94. The topological polar surface area (TPSA) is 38.1 Å². The minimum Gasteiger partial charge on any atom is -0.451 e. The molecule has 0 aliphatic rings. The Morgan fingerprint density at radius 3 is 2.62 bits per heavy atom. The molecule has 0 aromatic carbocycles. The number of aromatic nitrogens is 1. The van der Waals surface area contributed by atoms with E-state index in [9.17, 15) is 0 Å². The monoisotopic (exact) mass is 408 g/mol. The predicted molar refractivity (Wildman–Crippen MR) is 73.4 cm³/mol. The second-order valence-electron chi connectivity index (χ2n) is 3.06. The van der Waals surface area contributed by atoms with Crippen LogP contribution < -0.4 is 5.32 Å². The third-order valence-electron chi connectivity index (χ3n) is 1.89. The van der Waals surface area contributed by atoms with Crippen molar-refractivity contribution in [2.75, 3.05) is 5.32 Å². The molecule has 1 N–H and O–H groups in total. The molecule has 0 fully saturated rings. The van der Waals surface area contributed by atoms with Crippen LogP contribution in [0.2, 0.25) is 0 Å². The van der Waals surface area contributed by atoms with E-state index in [1.54, 1.807) is 6.20 Å². The van der Waals surface area contributed by atoms with Gasteiger partial charge >= 0.3 is 0 Å². The van der Waals surface area contributed by atoms with Crippen molar-refractivity contribution < 1.29 is 4.42 Å². The zero-order valence-electron chi connectivity index (χ0n) is 8.01. The number of hydrogen-bond acceptors (Lipinski definition) is 3. The Kier molecular flexibility index (Phi) is 4.05. The van der Waals surface area contributed by atoms with Crippen LogP contribution in [0.1, 0.15) is 5.76 Å². The Hall–Kier alpha value is -0.330. The number of nitrogens with zero attached hydrogens (tertiary/aromatic N) is 1. The van der Waals surface area contributed by atoms with Gasteiger partial charge in [0.2, 0.25) is 0 Å². The second kappa shape index (κ2) is 5.33. The van der Waals surface area contributed by atoms with Gasteiger partial charge in [0.05, 0.1) is 22.9 Å². The lowest BCUT2D eigenvalue weighted by Crippen LogP contribution is -1.98. The Morgan fingerprint density at radius 1 is 1.25 bits per heavy atom. The molecule has 0 saturated carbocycles. The van der Waals surface area contributed by atoms with Crippen LogP contribution in [0.4, 0.5) is 5.69 Å². The maximum Gasteiger partial charge on any atom is 0.183 e. The van der Waals surface area contributed by atoms with E-state index in [1.807, 2.05) is 18.2 Å². The summed E-state index contributed by atoms with van der Waals surface area (Å²) < 4.78 is 7.88. The van der Waals surface area contributed by atoms with E-state index >= 15 is 0 Å². The largest absolute Gasteiger partial charge is 0.451 e. The Bertz CT molecular complexity index is 462. The Morgan fingerprint density at radius 2 is 2.06 bits per heavy atom. The third-order valence-corrected chi connectivity index (χ3v) is 4.07. The van der Waals surface area contributed by atoms with Gasteiger partial charge in [0.1, 0.15) is 10.4 Å². The minimum atomic E-state index is 0.619. The lowest BCUT2D eigenvalue weighted by atomic mass is 10.4. The van der Waals surface area contributed by atoms with Crippen LogP contribution >= 0.6 is 47.8 Å². The van der Waals surface area contributed by atoms with Crippen molar-refractivity contribution >= 4 is 53.5 Å². The molecule has 0 spiro atoms. The molecule has 2 heterocycles. The van der Waals surface area contributed by atoms with Gasteiger partial charge in [-0.2, -0.15) is 0 Å². The molecule has 3 nitrogen and oxygen atoms in total. The molecule has 6 heteroatoms. The van der Waals surface area contributed by atoms with E-state index < -0.39 is 0 Å². The van der Waals surface area contributed by atoms with Gasteiger partial charge in [0.25, 0.3) is 0 Å².